The number of aromatic amines is 1. The molecule has 0 aliphatic carbocycles. The van der Waals surface area contributed by atoms with Crippen LogP contribution in [0, 0.1) is 0 Å². The Bertz CT molecular complexity index is 1180. The number of hydrogen-bond acceptors (Lipinski definition) is 16. The molecule has 31 heavy (non-hydrogen) atoms. The predicted octanol–water partition coefficient (Wildman–Crippen LogP) is -3.72. The lowest BCUT2D eigenvalue weighted by Crippen LogP contribution is -2.27. The van der Waals surface area contributed by atoms with Gasteiger partial charge in [0, 0.05) is 6.42 Å². The van der Waals surface area contributed by atoms with Crippen molar-refractivity contribution in [3.8, 4) is 0 Å². The summed E-state index contributed by atoms with van der Waals surface area (Å²) in [5.41, 5.74) is 4.91. The molecule has 174 valence electrons. The third-order valence-electron chi connectivity index (χ3n) is 3.76. The third-order valence-corrected chi connectivity index (χ3v) is 8.34. The van der Waals surface area contributed by atoms with Crippen LogP contribution in [-0.2, 0) is 38.8 Å². The molecule has 5 atom stereocenters. The molecule has 2 aromatic heterocycles. The highest BCUT2D eigenvalue weighted by Gasteiger charge is 2.37. The molecular formula is C10H12N5O12P3S-4. The molecule has 0 saturated carbocycles. The number of fused-ring (bicyclic) bond motifs is 1. The van der Waals surface area contributed by atoms with Crippen molar-refractivity contribution in [2.45, 2.75) is 24.9 Å². The van der Waals surface area contributed by atoms with Crippen molar-refractivity contribution in [2.24, 2.45) is 0 Å². The number of phosphoric acid groups is 2. The summed E-state index contributed by atoms with van der Waals surface area (Å²) in [5.74, 6) is -0.188. The largest absolute Gasteiger partial charge is 0.790 e. The third kappa shape index (κ3) is 6.24. The van der Waals surface area contributed by atoms with E-state index in [1.165, 1.54) is 10.9 Å². The molecule has 1 saturated heterocycles. The molecule has 0 radical (unpaired) electrons. The van der Waals surface area contributed by atoms with E-state index in [2.05, 4.69) is 39.9 Å². The molecule has 17 nitrogen and oxygen atoms in total. The number of aromatic nitrogens is 4. The minimum absolute atomic E-state index is 0.0457. The van der Waals surface area contributed by atoms with Gasteiger partial charge in [0.05, 0.1) is 26.9 Å². The van der Waals surface area contributed by atoms with Gasteiger partial charge >= 0.3 is 0 Å². The fraction of sp³-hybridized carbons (Fsp3) is 0.500. The first-order valence-electron chi connectivity index (χ1n) is 7.93. The van der Waals surface area contributed by atoms with Gasteiger partial charge in [-0.1, -0.05) is 11.8 Å². The second kappa shape index (κ2) is 8.68. The van der Waals surface area contributed by atoms with E-state index in [1.807, 2.05) is 0 Å². The van der Waals surface area contributed by atoms with Gasteiger partial charge in [0.15, 0.2) is 11.2 Å². The molecule has 0 amide bonds. The molecule has 1 fully saturated rings. The number of nitrogens with zero attached hydrogens (tertiary/aromatic N) is 3. The summed E-state index contributed by atoms with van der Waals surface area (Å²) in [5, 5.41) is 10.1. The minimum atomic E-state index is -6.02. The number of aliphatic hydroxyl groups excluding tert-OH is 1. The maximum Gasteiger partial charge on any atom is 0.280 e. The SMILES string of the molecule is Nc1nc2c(ncn2[C@H]2C[C@H](O)[C@@H](COP([O-])(=S)OP(=O)([O-])OP(=O)([O-])[O-])O2)c(=O)[nH]1. The zero-order valence-electron chi connectivity index (χ0n) is 14.8. The van der Waals surface area contributed by atoms with E-state index < -0.39 is 53.0 Å². The van der Waals surface area contributed by atoms with Gasteiger partial charge in [0.2, 0.25) is 5.95 Å². The van der Waals surface area contributed by atoms with E-state index in [1.54, 1.807) is 0 Å². The average Bonchev–Trinajstić information content (AvgIpc) is 3.13. The first-order valence-corrected chi connectivity index (χ1v) is 13.4. The first kappa shape index (κ1) is 24.5. The number of aliphatic hydroxyl groups is 1. The van der Waals surface area contributed by atoms with Crippen molar-refractivity contribution in [3.63, 3.8) is 0 Å². The first-order chi connectivity index (χ1) is 14.2. The molecule has 2 aromatic rings. The standard InChI is InChI=1S/C10H16N5O12P3S/c11-10-13-8-7(9(17)14-10)12-3-15(8)6-1-4(16)5(25-6)2-24-30(23,31)27-29(21,22)26-28(18,19)20/h3-6,16H,1-2H2,(H,21,22)(H,23,31)(H2,18,19,20)(H3,11,13,14,17)/p-4/t4-,5+,6+,30?/m0/s1. The van der Waals surface area contributed by atoms with Crippen LogP contribution in [0.1, 0.15) is 12.6 Å². The summed E-state index contributed by atoms with van der Waals surface area (Å²) in [6.07, 6.45) is -2.24. The highest BCUT2D eigenvalue weighted by Crippen LogP contribution is 2.60. The van der Waals surface area contributed by atoms with Crippen molar-refractivity contribution >= 4 is 51.3 Å². The van der Waals surface area contributed by atoms with Gasteiger partial charge in [-0.2, -0.15) is 4.98 Å². The van der Waals surface area contributed by atoms with Crippen molar-refractivity contribution < 1.29 is 51.7 Å². The quantitative estimate of drug-likeness (QED) is 0.283. The topological polar surface area (TPSA) is 273 Å². The summed E-state index contributed by atoms with van der Waals surface area (Å²) in [7, 11) is -11.9. The second-order valence-electron chi connectivity index (χ2n) is 6.01. The lowest BCUT2D eigenvalue weighted by molar-refractivity contribution is -0.339. The number of anilines is 1. The molecule has 2 unspecified atom stereocenters. The molecular weight excluding hydrogens is 507 g/mol. The van der Waals surface area contributed by atoms with Gasteiger partial charge in [-0.3, -0.25) is 27.5 Å². The zero-order valence-corrected chi connectivity index (χ0v) is 18.3. The summed E-state index contributed by atoms with van der Waals surface area (Å²) in [6.45, 7) is -5.67. The van der Waals surface area contributed by atoms with Crippen LogP contribution in [0.25, 0.3) is 11.2 Å². The highest BCUT2D eigenvalue weighted by molar-refractivity contribution is 8.07. The molecule has 1 aliphatic rings. The Morgan fingerprint density at radius 1 is 1.35 bits per heavy atom. The summed E-state index contributed by atoms with van der Waals surface area (Å²) in [6, 6.07) is 0. The Morgan fingerprint density at radius 2 is 2.03 bits per heavy atom. The van der Waals surface area contributed by atoms with Crippen molar-refractivity contribution in [1.29, 1.82) is 0 Å². The Labute approximate surface area is 176 Å². The molecule has 0 spiro atoms. The van der Waals surface area contributed by atoms with Crippen LogP contribution in [0.15, 0.2) is 11.1 Å². The number of nitrogens with one attached hydrogen (secondary N) is 1. The van der Waals surface area contributed by atoms with Crippen LogP contribution >= 0.6 is 22.4 Å². The van der Waals surface area contributed by atoms with Crippen LogP contribution in [0.3, 0.4) is 0 Å². The molecule has 1 aliphatic heterocycles. The number of imidazole rings is 1. The van der Waals surface area contributed by atoms with Gasteiger partial charge in [-0.25, -0.2) is 4.98 Å². The van der Waals surface area contributed by atoms with Gasteiger partial charge in [0.1, 0.15) is 19.1 Å². The maximum absolute atomic E-state index is 11.9. The fourth-order valence-corrected chi connectivity index (χ4v) is 6.42. The van der Waals surface area contributed by atoms with Crippen LogP contribution in [0.5, 0.6) is 0 Å². The average molecular weight is 519 g/mol. The van der Waals surface area contributed by atoms with Crippen molar-refractivity contribution in [3.05, 3.63) is 16.7 Å². The normalized spacial score (nSPS) is 26.0. The molecule has 4 N–H and O–H groups in total. The number of hydrogen-bond donors (Lipinski definition) is 3. The number of ether oxygens (including phenoxy) is 1. The molecule has 3 heterocycles. The predicted molar refractivity (Wildman–Crippen MR) is 94.7 cm³/mol. The smallest absolute Gasteiger partial charge is 0.280 e. The molecule has 0 bridgehead atoms. The van der Waals surface area contributed by atoms with Crippen LogP contribution in [0.4, 0.5) is 5.95 Å². The van der Waals surface area contributed by atoms with Gasteiger partial charge < -0.3 is 44.2 Å². The van der Waals surface area contributed by atoms with Crippen LogP contribution in [-0.4, -0.2) is 43.4 Å². The number of nitrogens with two attached hydrogens (primary N) is 1. The Morgan fingerprint density at radius 3 is 2.68 bits per heavy atom. The van der Waals surface area contributed by atoms with Crippen molar-refractivity contribution in [1.82, 2.24) is 19.5 Å². The van der Waals surface area contributed by atoms with E-state index in [0.29, 0.717) is 0 Å². The van der Waals surface area contributed by atoms with E-state index in [9.17, 15) is 38.6 Å². The van der Waals surface area contributed by atoms with E-state index in [4.69, 9.17) is 10.5 Å². The highest BCUT2D eigenvalue weighted by atomic mass is 32.5. The monoisotopic (exact) mass is 519 g/mol. The zero-order chi connectivity index (χ0) is 23.2. The Hall–Kier alpha value is -1.10. The van der Waals surface area contributed by atoms with Gasteiger partial charge in [-0.15, -0.1) is 0 Å². The summed E-state index contributed by atoms with van der Waals surface area (Å²) < 4.78 is 40.0. The Balaban J connectivity index is 1.67. The molecule has 21 heteroatoms. The maximum atomic E-state index is 11.9. The van der Waals surface area contributed by atoms with Crippen LogP contribution < -0.4 is 30.9 Å². The van der Waals surface area contributed by atoms with Crippen molar-refractivity contribution in [2.75, 3.05) is 12.3 Å². The number of rotatable bonds is 8. The number of nitrogen functional groups attached to an aromatic ring is 1. The Kier molecular flexibility index (Phi) is 6.87. The van der Waals surface area contributed by atoms with Gasteiger partial charge in [-0.05, 0) is 0 Å². The van der Waals surface area contributed by atoms with Gasteiger partial charge in [0.25, 0.3) is 13.4 Å². The molecule has 3 rings (SSSR count). The summed E-state index contributed by atoms with van der Waals surface area (Å²) in [4.78, 5) is 65.9. The lowest BCUT2D eigenvalue weighted by Gasteiger charge is -2.39. The lowest BCUT2D eigenvalue weighted by atomic mass is 10.2. The molecule has 0 aromatic carbocycles. The van der Waals surface area contributed by atoms with E-state index in [0.717, 1.165) is 0 Å². The van der Waals surface area contributed by atoms with E-state index in [-0.39, 0.29) is 23.5 Å². The number of H-pyrrole nitrogens is 1. The second-order valence-corrected chi connectivity index (χ2v) is 11.6. The summed E-state index contributed by atoms with van der Waals surface area (Å²) >= 11 is 4.31. The fourth-order valence-electron chi connectivity index (χ4n) is 2.64. The van der Waals surface area contributed by atoms with Crippen LogP contribution in [0.2, 0.25) is 0 Å². The minimum Gasteiger partial charge on any atom is -0.790 e. The van der Waals surface area contributed by atoms with E-state index >= 15 is 0 Å².